The van der Waals surface area contributed by atoms with Crippen LogP contribution in [0.5, 0.6) is 0 Å². The largest absolute Gasteiger partial charge is 0.328 e. The van der Waals surface area contributed by atoms with E-state index in [1.54, 1.807) is 11.3 Å². The first-order chi connectivity index (χ1) is 12.7. The Kier molecular flexibility index (Phi) is 5.11. The lowest BCUT2D eigenvalue weighted by atomic mass is 10.1. The number of aromatic nitrogens is 3. The van der Waals surface area contributed by atoms with Crippen LogP contribution in [0.1, 0.15) is 83.3 Å². The van der Waals surface area contributed by atoms with Crippen LogP contribution in [0.3, 0.4) is 0 Å². The Morgan fingerprint density at radius 1 is 1.23 bits per heavy atom. The Labute approximate surface area is 159 Å². The van der Waals surface area contributed by atoms with Gasteiger partial charge in [0.05, 0.1) is 10.9 Å². The summed E-state index contributed by atoms with van der Waals surface area (Å²) < 4.78 is 2.30. The fourth-order valence-corrected chi connectivity index (χ4v) is 5.34. The Morgan fingerprint density at radius 3 is 2.96 bits per heavy atom. The van der Waals surface area contributed by atoms with E-state index in [2.05, 4.69) is 34.7 Å². The minimum Gasteiger partial charge on any atom is -0.328 e. The third-order valence-electron chi connectivity index (χ3n) is 5.70. The fourth-order valence-electron chi connectivity index (χ4n) is 4.32. The molecule has 1 fully saturated rings. The Morgan fingerprint density at radius 2 is 2.12 bits per heavy atom. The van der Waals surface area contributed by atoms with E-state index in [1.807, 2.05) is 4.90 Å². The molecule has 1 saturated heterocycles. The molecule has 0 radical (unpaired) electrons. The van der Waals surface area contributed by atoms with Crippen molar-refractivity contribution in [2.75, 3.05) is 6.54 Å². The van der Waals surface area contributed by atoms with Crippen molar-refractivity contribution >= 4 is 17.2 Å². The summed E-state index contributed by atoms with van der Waals surface area (Å²) in [6.45, 7) is 6.14. The molecule has 6 heteroatoms. The van der Waals surface area contributed by atoms with Gasteiger partial charge in [-0.3, -0.25) is 4.79 Å². The number of thiophene rings is 1. The highest BCUT2D eigenvalue weighted by molar-refractivity contribution is 7.14. The molecule has 1 amide bonds. The minimum atomic E-state index is 0.0823. The molecule has 0 spiro atoms. The van der Waals surface area contributed by atoms with E-state index < -0.39 is 0 Å². The molecule has 0 aliphatic carbocycles. The maximum atomic E-state index is 13.2. The van der Waals surface area contributed by atoms with E-state index in [9.17, 15) is 4.79 Å². The first-order valence-corrected chi connectivity index (χ1v) is 10.8. The summed E-state index contributed by atoms with van der Waals surface area (Å²) in [6.07, 6.45) is 8.85. The molecule has 0 bridgehead atoms. The molecule has 1 atom stereocenters. The number of hydrogen-bond donors (Lipinski definition) is 0. The van der Waals surface area contributed by atoms with Gasteiger partial charge in [0.2, 0.25) is 0 Å². The van der Waals surface area contributed by atoms with Crippen LogP contribution in [0.4, 0.5) is 0 Å². The summed E-state index contributed by atoms with van der Waals surface area (Å²) in [5, 5.41) is 8.97. The summed E-state index contributed by atoms with van der Waals surface area (Å²) in [5.41, 5.74) is 1.33. The Balaban J connectivity index is 1.60. The first kappa shape index (κ1) is 17.7. The van der Waals surface area contributed by atoms with Crippen LogP contribution in [-0.4, -0.2) is 32.1 Å². The molecule has 26 heavy (non-hydrogen) atoms. The van der Waals surface area contributed by atoms with E-state index in [-0.39, 0.29) is 11.9 Å². The molecular weight excluding hydrogens is 344 g/mol. The second-order valence-corrected chi connectivity index (χ2v) is 8.79. The van der Waals surface area contributed by atoms with Crippen LogP contribution in [0.25, 0.3) is 0 Å². The molecule has 2 aromatic heterocycles. The quantitative estimate of drug-likeness (QED) is 0.804. The highest BCUT2D eigenvalue weighted by Crippen LogP contribution is 2.35. The maximum Gasteiger partial charge on any atom is 0.264 e. The van der Waals surface area contributed by atoms with E-state index in [0.717, 1.165) is 61.7 Å². The lowest BCUT2D eigenvalue weighted by Crippen LogP contribution is -2.31. The van der Waals surface area contributed by atoms with Crippen molar-refractivity contribution in [1.29, 1.82) is 0 Å². The molecule has 2 aromatic rings. The molecule has 2 aliphatic heterocycles. The average Bonchev–Trinajstić information content (AvgIpc) is 3.31. The zero-order valence-corrected chi connectivity index (χ0v) is 16.6. The van der Waals surface area contributed by atoms with E-state index in [1.165, 1.54) is 29.7 Å². The van der Waals surface area contributed by atoms with Crippen molar-refractivity contribution in [1.82, 2.24) is 19.7 Å². The fraction of sp³-hybridized carbons (Fsp3) is 0.650. The SMILES string of the molecule is CCCc1cc(C(=O)N2CCCC2c2nnc3n2CCCCC3)sc1C. The van der Waals surface area contributed by atoms with Crippen LogP contribution in [0.15, 0.2) is 6.07 Å². The van der Waals surface area contributed by atoms with Gasteiger partial charge in [0.15, 0.2) is 5.82 Å². The highest BCUT2D eigenvalue weighted by Gasteiger charge is 2.35. The normalized spacial score (nSPS) is 20.2. The summed E-state index contributed by atoms with van der Waals surface area (Å²) >= 11 is 1.65. The number of rotatable bonds is 4. The van der Waals surface area contributed by atoms with Gasteiger partial charge >= 0.3 is 0 Å². The molecule has 0 aromatic carbocycles. The number of hydrogen-bond acceptors (Lipinski definition) is 4. The van der Waals surface area contributed by atoms with Crippen molar-refractivity contribution in [3.8, 4) is 0 Å². The average molecular weight is 373 g/mol. The minimum absolute atomic E-state index is 0.0823. The van der Waals surface area contributed by atoms with E-state index >= 15 is 0 Å². The topological polar surface area (TPSA) is 51.0 Å². The third kappa shape index (κ3) is 3.20. The Bertz CT molecular complexity index is 794. The van der Waals surface area contributed by atoms with Gasteiger partial charge in [0, 0.05) is 24.4 Å². The predicted octanol–water partition coefficient (Wildman–Crippen LogP) is 4.30. The monoisotopic (exact) mass is 372 g/mol. The zero-order chi connectivity index (χ0) is 18.1. The number of fused-ring (bicyclic) bond motifs is 1. The summed E-state index contributed by atoms with van der Waals surface area (Å²) in [5.74, 6) is 2.29. The molecular formula is C20H28N4OS. The van der Waals surface area contributed by atoms with Gasteiger partial charge in [-0.05, 0) is 50.7 Å². The number of aryl methyl sites for hydroxylation is 3. The second kappa shape index (κ2) is 7.51. The van der Waals surface area contributed by atoms with Gasteiger partial charge < -0.3 is 9.47 Å². The smallest absolute Gasteiger partial charge is 0.264 e. The number of amides is 1. The van der Waals surface area contributed by atoms with Gasteiger partial charge in [-0.25, -0.2) is 0 Å². The van der Waals surface area contributed by atoms with Gasteiger partial charge in [-0.1, -0.05) is 19.8 Å². The van der Waals surface area contributed by atoms with Crippen LogP contribution in [0, 0.1) is 6.92 Å². The van der Waals surface area contributed by atoms with Crippen molar-refractivity contribution in [3.05, 3.63) is 33.0 Å². The summed E-state index contributed by atoms with van der Waals surface area (Å²) in [4.78, 5) is 17.4. The first-order valence-electron chi connectivity index (χ1n) is 10.0. The van der Waals surface area contributed by atoms with Crippen molar-refractivity contribution in [2.24, 2.45) is 0 Å². The molecule has 4 heterocycles. The van der Waals surface area contributed by atoms with Gasteiger partial charge in [-0.2, -0.15) is 0 Å². The highest BCUT2D eigenvalue weighted by atomic mass is 32.1. The van der Waals surface area contributed by atoms with E-state index in [0.29, 0.717) is 0 Å². The lowest BCUT2D eigenvalue weighted by Gasteiger charge is -2.24. The van der Waals surface area contributed by atoms with Gasteiger partial charge in [0.1, 0.15) is 5.82 Å². The molecule has 2 aliphatic rings. The number of nitrogens with zero attached hydrogens (tertiary/aromatic N) is 4. The van der Waals surface area contributed by atoms with Crippen molar-refractivity contribution in [2.45, 2.75) is 77.8 Å². The number of carbonyl (C=O) groups excluding carboxylic acids is 1. The van der Waals surface area contributed by atoms with Crippen LogP contribution in [-0.2, 0) is 19.4 Å². The molecule has 0 N–H and O–H groups in total. The Hall–Kier alpha value is -1.69. The van der Waals surface area contributed by atoms with Crippen LogP contribution < -0.4 is 0 Å². The van der Waals surface area contributed by atoms with Crippen molar-refractivity contribution < 1.29 is 4.79 Å². The molecule has 0 saturated carbocycles. The standard InChI is InChI=1S/C20H28N4OS/c1-3-8-15-13-17(26-14(15)2)20(25)23-12-7-9-16(23)19-22-21-18-10-5-4-6-11-24(18)19/h13,16H,3-12H2,1-2H3. The molecule has 4 rings (SSSR count). The molecule has 1 unspecified atom stereocenters. The van der Waals surface area contributed by atoms with Crippen molar-refractivity contribution in [3.63, 3.8) is 0 Å². The lowest BCUT2D eigenvalue weighted by molar-refractivity contribution is 0.0732. The van der Waals surface area contributed by atoms with Crippen LogP contribution in [0.2, 0.25) is 0 Å². The van der Waals surface area contributed by atoms with Crippen LogP contribution >= 0.6 is 11.3 Å². The summed E-state index contributed by atoms with van der Waals surface area (Å²) in [7, 11) is 0. The number of likely N-dealkylation sites (tertiary alicyclic amines) is 1. The zero-order valence-electron chi connectivity index (χ0n) is 15.8. The molecule has 140 valence electrons. The number of carbonyl (C=O) groups is 1. The predicted molar refractivity (Wildman–Crippen MR) is 104 cm³/mol. The maximum absolute atomic E-state index is 13.2. The van der Waals surface area contributed by atoms with Gasteiger partial charge in [0.25, 0.3) is 5.91 Å². The third-order valence-corrected chi connectivity index (χ3v) is 6.78. The summed E-state index contributed by atoms with van der Waals surface area (Å²) in [6, 6.07) is 2.20. The second-order valence-electron chi connectivity index (χ2n) is 7.54. The molecule has 5 nitrogen and oxygen atoms in total. The van der Waals surface area contributed by atoms with E-state index in [4.69, 9.17) is 0 Å². The van der Waals surface area contributed by atoms with Gasteiger partial charge in [-0.15, -0.1) is 21.5 Å².